The molecule has 0 saturated heterocycles. The van der Waals surface area contributed by atoms with E-state index in [1.165, 1.54) is 0 Å². The lowest BCUT2D eigenvalue weighted by Crippen LogP contribution is -2.26. The zero-order chi connectivity index (χ0) is 14.4. The molecule has 0 aliphatic rings. The van der Waals surface area contributed by atoms with Gasteiger partial charge in [0.2, 0.25) is 10.0 Å². The summed E-state index contributed by atoms with van der Waals surface area (Å²) in [6.07, 6.45) is 4.66. The summed E-state index contributed by atoms with van der Waals surface area (Å²) in [5, 5.41) is 0.477. The maximum atomic E-state index is 11.9. The van der Waals surface area contributed by atoms with Gasteiger partial charge in [0.05, 0.1) is 5.75 Å². The summed E-state index contributed by atoms with van der Waals surface area (Å²) in [5.41, 5.74) is 0.618. The number of hydrogen-bond donors (Lipinski definition) is 1. The van der Waals surface area contributed by atoms with Crippen LogP contribution in [0.15, 0.2) is 48.8 Å². The van der Waals surface area contributed by atoms with Crippen molar-refractivity contribution in [3.8, 4) is 0 Å². The quantitative estimate of drug-likeness (QED) is 0.799. The highest BCUT2D eigenvalue weighted by molar-refractivity contribution is 7.88. The molecule has 0 saturated carbocycles. The van der Waals surface area contributed by atoms with Gasteiger partial charge >= 0.3 is 0 Å². The summed E-state index contributed by atoms with van der Waals surface area (Å²) in [5.74, 6) is -0.0871. The molecule has 0 atom stereocenters. The lowest BCUT2D eigenvalue weighted by atomic mass is 10.2. The minimum absolute atomic E-state index is 0.0871. The molecule has 0 aliphatic heterocycles. The average molecular weight is 313 g/mol. The molecule has 0 radical (unpaired) electrons. The van der Waals surface area contributed by atoms with Crippen molar-refractivity contribution in [2.45, 2.75) is 18.7 Å². The number of hydrogen-bond acceptors (Lipinski definition) is 2. The van der Waals surface area contributed by atoms with Gasteiger partial charge in [0.25, 0.3) is 0 Å². The highest BCUT2D eigenvalue weighted by atomic mass is 35.5. The van der Waals surface area contributed by atoms with E-state index in [4.69, 9.17) is 11.6 Å². The van der Waals surface area contributed by atoms with Crippen molar-refractivity contribution >= 4 is 21.6 Å². The van der Waals surface area contributed by atoms with E-state index in [9.17, 15) is 8.42 Å². The first kappa shape index (κ1) is 15.1. The maximum absolute atomic E-state index is 11.9. The predicted molar refractivity (Wildman–Crippen MR) is 81.1 cm³/mol. The molecule has 0 unspecified atom stereocenters. The van der Waals surface area contributed by atoms with E-state index >= 15 is 0 Å². The fourth-order valence-corrected chi connectivity index (χ4v) is 3.38. The molecule has 2 aromatic rings. The Labute approximate surface area is 124 Å². The Kier molecular flexibility index (Phi) is 5.23. The largest absolute Gasteiger partial charge is 0.354 e. The number of rotatable bonds is 7. The summed E-state index contributed by atoms with van der Waals surface area (Å²) in [4.78, 5) is 0. The molecule has 0 fully saturated rings. The second-order valence-electron chi connectivity index (χ2n) is 4.52. The highest BCUT2D eigenvalue weighted by Crippen LogP contribution is 2.17. The van der Waals surface area contributed by atoms with Crippen LogP contribution in [0.25, 0.3) is 0 Å². The minimum Gasteiger partial charge on any atom is -0.354 e. The van der Waals surface area contributed by atoms with Crippen LogP contribution in [-0.4, -0.2) is 19.5 Å². The third-order valence-electron chi connectivity index (χ3n) is 2.88. The molecule has 1 aromatic heterocycles. The first-order valence-electron chi connectivity index (χ1n) is 6.38. The first-order chi connectivity index (χ1) is 9.57. The van der Waals surface area contributed by atoms with Gasteiger partial charge in [-0.25, -0.2) is 13.1 Å². The molecule has 0 aliphatic carbocycles. The summed E-state index contributed by atoms with van der Waals surface area (Å²) in [6, 6.07) is 10.9. The fraction of sp³-hybridized carbons (Fsp3) is 0.286. The summed E-state index contributed by atoms with van der Waals surface area (Å²) >= 11 is 5.96. The lowest BCUT2D eigenvalue weighted by Gasteiger charge is -2.08. The maximum Gasteiger partial charge on any atom is 0.215 e. The number of aryl methyl sites for hydroxylation is 1. The molecule has 0 spiro atoms. The summed E-state index contributed by atoms with van der Waals surface area (Å²) in [7, 11) is -3.34. The predicted octanol–water partition coefficient (Wildman–Crippen LogP) is 2.65. The van der Waals surface area contributed by atoms with Crippen LogP contribution in [0.4, 0.5) is 0 Å². The number of benzene rings is 1. The van der Waals surface area contributed by atoms with Crippen molar-refractivity contribution in [3.63, 3.8) is 0 Å². The van der Waals surface area contributed by atoms with Gasteiger partial charge in [-0.3, -0.25) is 0 Å². The number of aromatic nitrogens is 1. The zero-order valence-corrected chi connectivity index (χ0v) is 12.6. The van der Waals surface area contributed by atoms with E-state index in [1.807, 2.05) is 29.1 Å². The van der Waals surface area contributed by atoms with Crippen molar-refractivity contribution in [2.75, 3.05) is 6.54 Å². The molecule has 108 valence electrons. The molecule has 1 aromatic carbocycles. The van der Waals surface area contributed by atoms with Crippen LogP contribution in [0.2, 0.25) is 5.02 Å². The molecule has 20 heavy (non-hydrogen) atoms. The van der Waals surface area contributed by atoms with E-state index in [2.05, 4.69) is 4.72 Å². The van der Waals surface area contributed by atoms with Crippen LogP contribution < -0.4 is 4.72 Å². The SMILES string of the molecule is O=S(=O)(Cc1ccccc1Cl)NCCCn1cccc1. The highest BCUT2D eigenvalue weighted by Gasteiger charge is 2.12. The van der Waals surface area contributed by atoms with E-state index in [1.54, 1.807) is 24.3 Å². The van der Waals surface area contributed by atoms with E-state index in [0.29, 0.717) is 17.1 Å². The van der Waals surface area contributed by atoms with Gasteiger partial charge in [-0.1, -0.05) is 29.8 Å². The van der Waals surface area contributed by atoms with E-state index < -0.39 is 10.0 Å². The van der Waals surface area contributed by atoms with Gasteiger partial charge in [-0.2, -0.15) is 0 Å². The zero-order valence-electron chi connectivity index (χ0n) is 11.0. The van der Waals surface area contributed by atoms with Crippen molar-refractivity contribution in [3.05, 3.63) is 59.4 Å². The molecule has 0 bridgehead atoms. The van der Waals surface area contributed by atoms with Crippen molar-refractivity contribution in [1.29, 1.82) is 0 Å². The fourth-order valence-electron chi connectivity index (χ4n) is 1.88. The molecule has 1 N–H and O–H groups in total. The molecule has 0 amide bonds. The summed E-state index contributed by atoms with van der Waals surface area (Å²) in [6.45, 7) is 1.21. The van der Waals surface area contributed by atoms with Gasteiger partial charge in [0.1, 0.15) is 0 Å². The van der Waals surface area contributed by atoms with Gasteiger partial charge in [-0.15, -0.1) is 0 Å². The van der Waals surface area contributed by atoms with Crippen LogP contribution in [0.5, 0.6) is 0 Å². The minimum atomic E-state index is -3.34. The molecule has 1 heterocycles. The Morgan fingerprint density at radius 3 is 2.50 bits per heavy atom. The van der Waals surface area contributed by atoms with Gasteiger partial charge in [0, 0.05) is 30.5 Å². The normalized spacial score (nSPS) is 11.7. The molecular weight excluding hydrogens is 296 g/mol. The third-order valence-corrected chi connectivity index (χ3v) is 4.59. The third kappa shape index (κ3) is 4.67. The van der Waals surface area contributed by atoms with Crippen molar-refractivity contribution < 1.29 is 8.42 Å². The van der Waals surface area contributed by atoms with E-state index in [-0.39, 0.29) is 5.75 Å². The second kappa shape index (κ2) is 6.92. The lowest BCUT2D eigenvalue weighted by molar-refractivity contribution is 0.569. The Morgan fingerprint density at radius 1 is 1.10 bits per heavy atom. The Hall–Kier alpha value is -1.30. The van der Waals surface area contributed by atoms with Gasteiger partial charge < -0.3 is 4.57 Å². The summed E-state index contributed by atoms with van der Waals surface area (Å²) < 4.78 is 28.5. The Bertz CT molecular complexity index is 639. The average Bonchev–Trinajstić information content (AvgIpc) is 2.90. The Balaban J connectivity index is 1.81. The Morgan fingerprint density at radius 2 is 1.80 bits per heavy atom. The van der Waals surface area contributed by atoms with E-state index in [0.717, 1.165) is 13.0 Å². The van der Waals surface area contributed by atoms with Crippen molar-refractivity contribution in [1.82, 2.24) is 9.29 Å². The van der Waals surface area contributed by atoms with Gasteiger partial charge in [0.15, 0.2) is 0 Å². The smallest absolute Gasteiger partial charge is 0.215 e. The molecule has 6 heteroatoms. The monoisotopic (exact) mass is 312 g/mol. The van der Waals surface area contributed by atoms with Crippen LogP contribution in [0.1, 0.15) is 12.0 Å². The second-order valence-corrected chi connectivity index (χ2v) is 6.73. The molecule has 2 rings (SSSR count). The molecular formula is C14H17ClN2O2S. The number of nitrogens with one attached hydrogen (secondary N) is 1. The number of sulfonamides is 1. The number of halogens is 1. The van der Waals surface area contributed by atoms with Crippen LogP contribution in [0.3, 0.4) is 0 Å². The topological polar surface area (TPSA) is 51.1 Å². The van der Waals surface area contributed by atoms with Crippen LogP contribution in [-0.2, 0) is 22.3 Å². The molecule has 4 nitrogen and oxygen atoms in total. The van der Waals surface area contributed by atoms with Crippen molar-refractivity contribution in [2.24, 2.45) is 0 Å². The van der Waals surface area contributed by atoms with Gasteiger partial charge in [-0.05, 0) is 30.2 Å². The standard InChI is InChI=1S/C14H17ClN2O2S/c15-14-7-2-1-6-13(14)12-20(18,19)16-8-5-11-17-9-3-4-10-17/h1-4,6-7,9-10,16H,5,8,11-12H2. The van der Waals surface area contributed by atoms with Crippen LogP contribution in [0, 0.1) is 0 Å². The first-order valence-corrected chi connectivity index (χ1v) is 8.41. The number of nitrogens with zero attached hydrogens (tertiary/aromatic N) is 1. The van der Waals surface area contributed by atoms with Crippen LogP contribution >= 0.6 is 11.6 Å².